The number of hydrogen-bond acceptors (Lipinski definition) is 4. The number of anilines is 1. The summed E-state index contributed by atoms with van der Waals surface area (Å²) in [5, 5.41) is 3.75. The van der Waals surface area contributed by atoms with E-state index in [1.54, 1.807) is 23.9 Å². The molecule has 3 rings (SSSR count). The predicted octanol–water partition coefficient (Wildman–Crippen LogP) is 5.16. The summed E-state index contributed by atoms with van der Waals surface area (Å²) in [5.74, 6) is -0.413. The Balaban J connectivity index is 1.72. The summed E-state index contributed by atoms with van der Waals surface area (Å²) in [6, 6.07) is 14.1. The maximum atomic E-state index is 13.0. The van der Waals surface area contributed by atoms with Crippen LogP contribution in [0.3, 0.4) is 0 Å². The number of halogens is 1. The van der Waals surface area contributed by atoms with Crippen molar-refractivity contribution in [3.63, 3.8) is 0 Å². The van der Waals surface area contributed by atoms with Crippen LogP contribution in [-0.2, 0) is 6.42 Å². The highest BCUT2D eigenvalue weighted by Crippen LogP contribution is 2.23. The number of nitrogens with one attached hydrogen (secondary N) is 1. The molecule has 0 aliphatic heterocycles. The normalized spacial score (nSPS) is 10.7. The van der Waals surface area contributed by atoms with Crippen LogP contribution in [0.4, 0.5) is 10.1 Å². The van der Waals surface area contributed by atoms with E-state index < -0.39 is 0 Å². The van der Waals surface area contributed by atoms with Gasteiger partial charge in [-0.25, -0.2) is 9.37 Å². The molecule has 1 aromatic heterocycles. The highest BCUT2D eigenvalue weighted by Gasteiger charge is 2.16. The summed E-state index contributed by atoms with van der Waals surface area (Å²) in [4.78, 5) is 18.7. The summed E-state index contributed by atoms with van der Waals surface area (Å²) < 4.78 is 13.0. The zero-order valence-corrected chi connectivity index (χ0v) is 15.5. The maximum Gasteiger partial charge on any atom is 0.267 e. The molecule has 0 aliphatic carbocycles. The second-order valence-corrected chi connectivity index (χ2v) is 7.47. The van der Waals surface area contributed by atoms with Crippen molar-refractivity contribution in [1.82, 2.24) is 4.98 Å². The van der Waals surface area contributed by atoms with Crippen LogP contribution in [0.25, 0.3) is 0 Å². The van der Waals surface area contributed by atoms with Gasteiger partial charge in [0.05, 0.1) is 10.7 Å². The first-order valence-corrected chi connectivity index (χ1v) is 9.75. The molecule has 25 heavy (non-hydrogen) atoms. The topological polar surface area (TPSA) is 42.0 Å². The van der Waals surface area contributed by atoms with Crippen molar-refractivity contribution in [2.45, 2.75) is 18.2 Å². The molecule has 0 bridgehead atoms. The van der Waals surface area contributed by atoms with Gasteiger partial charge in [-0.15, -0.1) is 23.1 Å². The SMILES string of the molecule is CSc1ccc(NC(=O)c2sc(Cc3ccc(F)cc3)nc2C)cc1. The van der Waals surface area contributed by atoms with Gasteiger partial charge in [-0.1, -0.05) is 12.1 Å². The number of carbonyl (C=O) groups is 1. The standard InChI is InChI=1S/C19H17FN2OS2/c1-12-18(19(23)22-15-7-9-16(24-2)10-8-15)25-17(21-12)11-13-3-5-14(20)6-4-13/h3-10H,11H2,1-2H3,(H,22,23). The zero-order chi connectivity index (χ0) is 17.8. The van der Waals surface area contributed by atoms with Crippen molar-refractivity contribution in [3.8, 4) is 0 Å². The van der Waals surface area contributed by atoms with Gasteiger partial charge in [0.25, 0.3) is 5.91 Å². The van der Waals surface area contributed by atoms with Crippen molar-refractivity contribution in [2.75, 3.05) is 11.6 Å². The Morgan fingerprint density at radius 3 is 2.48 bits per heavy atom. The smallest absolute Gasteiger partial charge is 0.267 e. The first-order valence-electron chi connectivity index (χ1n) is 7.71. The number of carbonyl (C=O) groups excluding carboxylic acids is 1. The Morgan fingerprint density at radius 2 is 1.84 bits per heavy atom. The lowest BCUT2D eigenvalue weighted by atomic mass is 10.1. The van der Waals surface area contributed by atoms with E-state index in [-0.39, 0.29) is 11.7 Å². The first-order chi connectivity index (χ1) is 12.0. The van der Waals surface area contributed by atoms with E-state index in [1.807, 2.05) is 37.4 Å². The van der Waals surface area contributed by atoms with Gasteiger partial charge in [-0.05, 0) is 55.1 Å². The minimum absolute atomic E-state index is 0.155. The molecule has 6 heteroatoms. The maximum absolute atomic E-state index is 13.0. The molecule has 0 saturated heterocycles. The number of nitrogens with zero attached hydrogens (tertiary/aromatic N) is 1. The average Bonchev–Trinajstić information content (AvgIpc) is 2.98. The molecule has 3 nitrogen and oxygen atoms in total. The number of thioether (sulfide) groups is 1. The van der Waals surface area contributed by atoms with Crippen LogP contribution in [0.1, 0.15) is 25.9 Å². The molecular formula is C19H17FN2OS2. The highest BCUT2D eigenvalue weighted by molar-refractivity contribution is 7.98. The summed E-state index contributed by atoms with van der Waals surface area (Å²) >= 11 is 3.03. The largest absolute Gasteiger partial charge is 0.321 e. The van der Waals surface area contributed by atoms with Gasteiger partial charge >= 0.3 is 0 Å². The minimum atomic E-state index is -0.258. The molecule has 0 fully saturated rings. The monoisotopic (exact) mass is 372 g/mol. The predicted molar refractivity (Wildman–Crippen MR) is 102 cm³/mol. The van der Waals surface area contributed by atoms with Gasteiger partial charge in [0, 0.05) is 17.0 Å². The Labute approximate surface area is 154 Å². The second kappa shape index (κ2) is 7.80. The highest BCUT2D eigenvalue weighted by atomic mass is 32.2. The van der Waals surface area contributed by atoms with E-state index in [0.717, 1.165) is 21.2 Å². The summed E-state index contributed by atoms with van der Waals surface area (Å²) in [5.41, 5.74) is 2.44. The quantitative estimate of drug-likeness (QED) is 0.629. The lowest BCUT2D eigenvalue weighted by molar-refractivity contribution is 0.103. The number of aryl methyl sites for hydroxylation is 1. The van der Waals surface area contributed by atoms with Gasteiger partial charge in [0.15, 0.2) is 0 Å². The third-order valence-electron chi connectivity index (χ3n) is 3.66. The third kappa shape index (κ3) is 4.46. The van der Waals surface area contributed by atoms with Gasteiger partial charge in [-0.2, -0.15) is 0 Å². The van der Waals surface area contributed by atoms with Crippen molar-refractivity contribution < 1.29 is 9.18 Å². The third-order valence-corrected chi connectivity index (χ3v) is 5.56. The number of hydrogen-bond donors (Lipinski definition) is 1. The Bertz CT molecular complexity index is 873. The van der Waals surface area contributed by atoms with Gasteiger partial charge < -0.3 is 5.32 Å². The molecule has 1 amide bonds. The summed E-state index contributed by atoms with van der Waals surface area (Å²) in [6.45, 7) is 1.83. The van der Waals surface area contributed by atoms with E-state index in [9.17, 15) is 9.18 Å². The Kier molecular flexibility index (Phi) is 5.50. The fraction of sp³-hybridized carbons (Fsp3) is 0.158. The Hall–Kier alpha value is -2.18. The fourth-order valence-corrected chi connectivity index (χ4v) is 3.78. The molecule has 0 radical (unpaired) electrons. The molecule has 3 aromatic rings. The molecular weight excluding hydrogens is 355 g/mol. The van der Waals surface area contributed by atoms with Gasteiger partial charge in [0.1, 0.15) is 10.7 Å². The molecule has 0 aliphatic rings. The molecule has 0 atom stereocenters. The van der Waals surface area contributed by atoms with E-state index in [1.165, 1.54) is 23.5 Å². The van der Waals surface area contributed by atoms with Crippen LogP contribution in [0, 0.1) is 12.7 Å². The number of rotatable bonds is 5. The van der Waals surface area contributed by atoms with Crippen LogP contribution in [0.5, 0.6) is 0 Å². The molecule has 2 aromatic carbocycles. The lowest BCUT2D eigenvalue weighted by Crippen LogP contribution is -2.11. The summed E-state index contributed by atoms with van der Waals surface area (Å²) in [6.07, 6.45) is 2.60. The zero-order valence-electron chi connectivity index (χ0n) is 13.9. The van der Waals surface area contributed by atoms with Crippen LogP contribution >= 0.6 is 23.1 Å². The molecule has 0 unspecified atom stereocenters. The average molecular weight is 372 g/mol. The van der Waals surface area contributed by atoms with Gasteiger partial charge in [-0.3, -0.25) is 4.79 Å². The molecule has 0 saturated carbocycles. The van der Waals surface area contributed by atoms with Crippen LogP contribution in [0.2, 0.25) is 0 Å². The van der Waals surface area contributed by atoms with E-state index in [4.69, 9.17) is 0 Å². The van der Waals surface area contributed by atoms with Crippen molar-refractivity contribution >= 4 is 34.7 Å². The van der Waals surface area contributed by atoms with E-state index >= 15 is 0 Å². The first kappa shape index (κ1) is 17.6. The van der Waals surface area contributed by atoms with Gasteiger partial charge in [0.2, 0.25) is 0 Å². The number of aromatic nitrogens is 1. The molecule has 1 N–H and O–H groups in total. The van der Waals surface area contributed by atoms with Crippen LogP contribution in [-0.4, -0.2) is 17.1 Å². The van der Waals surface area contributed by atoms with Crippen LogP contribution < -0.4 is 5.32 Å². The minimum Gasteiger partial charge on any atom is -0.321 e. The molecule has 128 valence electrons. The van der Waals surface area contributed by atoms with Crippen molar-refractivity contribution in [3.05, 3.63) is 75.5 Å². The van der Waals surface area contributed by atoms with E-state index in [2.05, 4.69) is 10.3 Å². The second-order valence-electron chi connectivity index (χ2n) is 5.51. The summed E-state index contributed by atoms with van der Waals surface area (Å²) in [7, 11) is 0. The number of amides is 1. The number of benzene rings is 2. The van der Waals surface area contributed by atoms with E-state index in [0.29, 0.717) is 17.0 Å². The fourth-order valence-electron chi connectivity index (χ4n) is 2.38. The molecule has 1 heterocycles. The lowest BCUT2D eigenvalue weighted by Gasteiger charge is -2.04. The Morgan fingerprint density at radius 1 is 1.16 bits per heavy atom. The van der Waals surface area contributed by atoms with Crippen molar-refractivity contribution in [2.24, 2.45) is 0 Å². The van der Waals surface area contributed by atoms with Crippen LogP contribution in [0.15, 0.2) is 53.4 Å². The van der Waals surface area contributed by atoms with Crippen molar-refractivity contribution in [1.29, 1.82) is 0 Å². The number of thiazole rings is 1. The molecule has 0 spiro atoms.